The summed E-state index contributed by atoms with van der Waals surface area (Å²) in [7, 11) is 1.28. The van der Waals surface area contributed by atoms with E-state index in [1.807, 2.05) is 12.1 Å². The number of carbonyl (C=O) groups excluding carboxylic acids is 3. The highest BCUT2D eigenvalue weighted by molar-refractivity contribution is 6.01. The molecule has 0 radical (unpaired) electrons. The smallest absolute Gasteiger partial charge is 0.339 e. The number of rotatable bonds is 6. The predicted octanol–water partition coefficient (Wildman–Crippen LogP) is 3.09. The van der Waals surface area contributed by atoms with Gasteiger partial charge in [0.1, 0.15) is 0 Å². The van der Waals surface area contributed by atoms with Crippen LogP contribution < -0.4 is 5.32 Å². The Morgan fingerprint density at radius 2 is 2.00 bits per heavy atom. The molecule has 1 aliphatic carbocycles. The lowest BCUT2D eigenvalue weighted by molar-refractivity contribution is -0.120. The second-order valence-electron chi connectivity index (χ2n) is 7.30. The first-order chi connectivity index (χ1) is 13.4. The summed E-state index contributed by atoms with van der Waals surface area (Å²) < 4.78 is 4.82. The monoisotopic (exact) mass is 382 g/mol. The van der Waals surface area contributed by atoms with Gasteiger partial charge in [-0.3, -0.25) is 9.59 Å². The van der Waals surface area contributed by atoms with Crippen LogP contribution in [0.3, 0.4) is 0 Å². The maximum absolute atomic E-state index is 12.6. The molecule has 1 aliphatic rings. The Hall–Kier alpha value is -2.89. The van der Waals surface area contributed by atoms with Gasteiger partial charge in [-0.15, -0.1) is 0 Å². The van der Waals surface area contributed by atoms with Crippen molar-refractivity contribution >= 4 is 17.7 Å². The molecule has 0 spiro atoms. The molecular weight excluding hydrogens is 356 g/mol. The van der Waals surface area contributed by atoms with Gasteiger partial charge in [0.2, 0.25) is 5.91 Å². The van der Waals surface area contributed by atoms with Crippen LogP contribution in [0.15, 0.2) is 24.3 Å². The van der Waals surface area contributed by atoms with E-state index in [2.05, 4.69) is 22.4 Å². The van der Waals surface area contributed by atoms with Crippen molar-refractivity contribution in [2.24, 2.45) is 0 Å². The number of hydrogen-bond donors (Lipinski definition) is 2. The molecule has 0 bridgehead atoms. The molecule has 1 heterocycles. The lowest BCUT2D eigenvalue weighted by Gasteiger charge is -2.25. The summed E-state index contributed by atoms with van der Waals surface area (Å²) >= 11 is 0. The van der Waals surface area contributed by atoms with Gasteiger partial charge in [0.05, 0.1) is 24.8 Å². The van der Waals surface area contributed by atoms with Crippen LogP contribution in [0.2, 0.25) is 0 Å². The van der Waals surface area contributed by atoms with Crippen molar-refractivity contribution in [3.8, 4) is 0 Å². The number of aromatic amines is 1. The van der Waals surface area contributed by atoms with E-state index in [9.17, 15) is 14.4 Å². The van der Waals surface area contributed by atoms with Gasteiger partial charge in [0.15, 0.2) is 5.78 Å². The number of esters is 1. The number of Topliss-reactive ketones (excluding diaryl/α,β-unsaturated/α-hetero) is 1. The van der Waals surface area contributed by atoms with Crippen molar-refractivity contribution < 1.29 is 19.1 Å². The van der Waals surface area contributed by atoms with E-state index in [-0.39, 0.29) is 23.7 Å². The van der Waals surface area contributed by atoms with Crippen molar-refractivity contribution in [3.05, 3.63) is 57.9 Å². The summed E-state index contributed by atoms with van der Waals surface area (Å²) in [6, 6.07) is 8.37. The maximum atomic E-state index is 12.6. The lowest BCUT2D eigenvalue weighted by atomic mass is 9.83. The van der Waals surface area contributed by atoms with Gasteiger partial charge in [0, 0.05) is 25.1 Å². The zero-order valence-corrected chi connectivity index (χ0v) is 16.6. The number of aryl methyl sites for hydroxylation is 1. The van der Waals surface area contributed by atoms with Gasteiger partial charge in [-0.2, -0.15) is 0 Å². The van der Waals surface area contributed by atoms with Gasteiger partial charge in [0.25, 0.3) is 0 Å². The number of fused-ring (bicyclic) bond motifs is 1. The summed E-state index contributed by atoms with van der Waals surface area (Å²) in [5.74, 6) is -0.630. The average Bonchev–Trinajstić information content (AvgIpc) is 3.01. The number of carbonyl (C=O) groups is 3. The van der Waals surface area contributed by atoms with E-state index < -0.39 is 5.97 Å². The summed E-state index contributed by atoms with van der Waals surface area (Å²) in [5, 5.41) is 2.99. The molecular formula is C22H26N2O4. The number of nitrogens with one attached hydrogen (secondary N) is 2. The number of ketones is 1. The molecule has 3 rings (SSSR count). The molecule has 148 valence electrons. The number of benzene rings is 1. The number of amides is 1. The topological polar surface area (TPSA) is 88.3 Å². The first-order valence-electron chi connectivity index (χ1n) is 9.57. The maximum Gasteiger partial charge on any atom is 0.339 e. The largest absolute Gasteiger partial charge is 0.465 e. The molecule has 6 heteroatoms. The van der Waals surface area contributed by atoms with Crippen LogP contribution >= 0.6 is 0 Å². The molecule has 0 saturated carbocycles. The fourth-order valence-electron chi connectivity index (χ4n) is 4.05. The summed E-state index contributed by atoms with van der Waals surface area (Å²) in [6.45, 7) is 3.66. The fraction of sp³-hybridized carbons (Fsp3) is 0.409. The first kappa shape index (κ1) is 19.9. The van der Waals surface area contributed by atoms with Crippen LogP contribution in [0.25, 0.3) is 0 Å². The number of hydrogen-bond acceptors (Lipinski definition) is 4. The van der Waals surface area contributed by atoms with Crippen LogP contribution in [-0.2, 0) is 22.4 Å². The van der Waals surface area contributed by atoms with E-state index in [4.69, 9.17) is 4.74 Å². The van der Waals surface area contributed by atoms with E-state index in [0.29, 0.717) is 29.4 Å². The highest BCUT2D eigenvalue weighted by atomic mass is 16.5. The van der Waals surface area contributed by atoms with Crippen LogP contribution in [-0.4, -0.2) is 36.3 Å². The Balaban J connectivity index is 1.71. The van der Waals surface area contributed by atoms with Crippen molar-refractivity contribution in [3.63, 3.8) is 0 Å². The molecule has 28 heavy (non-hydrogen) atoms. The van der Waals surface area contributed by atoms with Crippen LogP contribution in [0, 0.1) is 6.92 Å². The highest BCUT2D eigenvalue weighted by Gasteiger charge is 2.25. The van der Waals surface area contributed by atoms with E-state index >= 15 is 0 Å². The third-order valence-electron chi connectivity index (χ3n) is 5.45. The Kier molecular flexibility index (Phi) is 5.97. The number of ether oxygens (including phenoxy) is 1. The van der Waals surface area contributed by atoms with Crippen molar-refractivity contribution in [2.75, 3.05) is 13.7 Å². The normalized spacial score (nSPS) is 15.6. The Morgan fingerprint density at radius 3 is 2.71 bits per heavy atom. The minimum Gasteiger partial charge on any atom is -0.465 e. The van der Waals surface area contributed by atoms with Crippen molar-refractivity contribution in [1.29, 1.82) is 0 Å². The molecule has 6 nitrogen and oxygen atoms in total. The summed E-state index contributed by atoms with van der Waals surface area (Å²) in [6.07, 6.45) is 3.23. The fourth-order valence-corrected chi connectivity index (χ4v) is 4.05. The van der Waals surface area contributed by atoms with Gasteiger partial charge in [-0.1, -0.05) is 24.3 Å². The van der Waals surface area contributed by atoms with E-state index in [1.54, 1.807) is 6.92 Å². The van der Waals surface area contributed by atoms with Gasteiger partial charge in [-0.05, 0) is 42.9 Å². The second kappa shape index (κ2) is 8.42. The van der Waals surface area contributed by atoms with Crippen LogP contribution in [0.5, 0.6) is 0 Å². The Morgan fingerprint density at radius 1 is 1.25 bits per heavy atom. The molecule has 0 aliphatic heterocycles. The average molecular weight is 382 g/mol. The molecule has 2 N–H and O–H groups in total. The molecule has 1 aromatic heterocycles. The molecule has 2 aromatic rings. The zero-order chi connectivity index (χ0) is 20.3. The van der Waals surface area contributed by atoms with E-state index in [1.165, 1.54) is 25.2 Å². The molecule has 1 atom stereocenters. The minimum atomic E-state index is -0.551. The molecule has 1 unspecified atom stereocenters. The zero-order valence-electron chi connectivity index (χ0n) is 16.6. The third kappa shape index (κ3) is 4.01. The van der Waals surface area contributed by atoms with Crippen LogP contribution in [0.4, 0.5) is 0 Å². The van der Waals surface area contributed by atoms with Gasteiger partial charge in [-0.25, -0.2) is 4.79 Å². The van der Waals surface area contributed by atoms with Crippen molar-refractivity contribution in [2.45, 2.75) is 45.4 Å². The molecule has 0 fully saturated rings. The quantitative estimate of drug-likeness (QED) is 0.594. The van der Waals surface area contributed by atoms with Crippen LogP contribution in [0.1, 0.15) is 68.9 Å². The lowest BCUT2D eigenvalue weighted by Crippen LogP contribution is -2.31. The minimum absolute atomic E-state index is 0.00702. The van der Waals surface area contributed by atoms with Crippen molar-refractivity contribution in [1.82, 2.24) is 10.3 Å². The molecule has 0 saturated heterocycles. The third-order valence-corrected chi connectivity index (χ3v) is 5.45. The standard InChI is InChI=1S/C22H26N2O4/c1-13-20(22(27)28-3)18(24-21(13)14(2)25)11-19(26)23-12-16-9-6-8-15-7-4-5-10-17(15)16/h4-5,7,10,16,24H,6,8-9,11-12H2,1-3H3,(H,23,26). The summed E-state index contributed by atoms with van der Waals surface area (Å²) in [4.78, 5) is 39.4. The van der Waals surface area contributed by atoms with Gasteiger partial charge >= 0.3 is 5.97 Å². The predicted molar refractivity (Wildman–Crippen MR) is 106 cm³/mol. The Bertz CT molecular complexity index is 913. The Labute approximate surface area is 164 Å². The number of aromatic nitrogens is 1. The SMILES string of the molecule is COC(=O)c1c(CC(=O)NCC2CCCc3ccccc32)[nH]c(C(C)=O)c1C. The first-order valence-corrected chi connectivity index (χ1v) is 9.57. The molecule has 1 aromatic carbocycles. The number of methoxy groups -OCH3 is 1. The molecule has 1 amide bonds. The number of H-pyrrole nitrogens is 1. The van der Waals surface area contributed by atoms with Gasteiger partial charge < -0.3 is 15.0 Å². The second-order valence-corrected chi connectivity index (χ2v) is 7.30. The summed E-state index contributed by atoms with van der Waals surface area (Å²) in [5.41, 5.74) is 4.20. The highest BCUT2D eigenvalue weighted by Crippen LogP contribution is 2.30. The van der Waals surface area contributed by atoms with E-state index in [0.717, 1.165) is 19.3 Å².